The summed E-state index contributed by atoms with van der Waals surface area (Å²) in [5.41, 5.74) is 0.531. The molecule has 1 aromatic rings. The van der Waals surface area contributed by atoms with Crippen molar-refractivity contribution in [1.82, 2.24) is 5.32 Å². The lowest BCUT2D eigenvalue weighted by atomic mass is 10.1. The lowest BCUT2D eigenvalue weighted by Crippen LogP contribution is -2.19. The minimum atomic E-state index is -0.0982. The Bertz CT molecular complexity index is 362. The Hall–Kier alpha value is -1.66. The molecule has 0 heterocycles. The third kappa shape index (κ3) is 3.18. The predicted octanol–water partition coefficient (Wildman–Crippen LogP) is 2.16. The second-order valence-corrected chi connectivity index (χ2v) is 3.69. The number of unbranched alkanes of at least 4 members (excludes halogenated alkanes) is 1. The van der Waals surface area contributed by atoms with Crippen LogP contribution in [0.25, 0.3) is 0 Å². The zero-order chi connectivity index (χ0) is 12.0. The molecule has 0 aliphatic rings. The average Bonchev–Trinajstić information content (AvgIpc) is 2.24. The summed E-state index contributed by atoms with van der Waals surface area (Å²) < 4.78 is 0. The first-order valence-corrected chi connectivity index (χ1v) is 5.34. The number of phenolic OH excluding ortho intramolecular Hbond substituents is 2. The molecule has 0 aliphatic carbocycles. The van der Waals surface area contributed by atoms with Crippen molar-refractivity contribution in [3.63, 3.8) is 0 Å². The van der Waals surface area contributed by atoms with Crippen LogP contribution in [-0.2, 0) is 0 Å². The van der Waals surface area contributed by atoms with Crippen LogP contribution < -0.4 is 5.32 Å². The second kappa shape index (κ2) is 6.04. The van der Waals surface area contributed by atoms with E-state index in [1.165, 1.54) is 0 Å². The molecule has 86 valence electrons. The number of benzene rings is 1. The Balaban J connectivity index is 2.59. The zero-order valence-corrected chi connectivity index (χ0v) is 9.40. The van der Waals surface area contributed by atoms with Gasteiger partial charge in [-0.15, -0.1) is 12.3 Å². The third-order valence-electron chi connectivity index (χ3n) is 2.44. The fourth-order valence-corrected chi connectivity index (χ4v) is 1.60. The Morgan fingerprint density at radius 3 is 2.56 bits per heavy atom. The second-order valence-electron chi connectivity index (χ2n) is 3.69. The summed E-state index contributed by atoms with van der Waals surface area (Å²) in [4.78, 5) is 0. The molecule has 3 nitrogen and oxygen atoms in total. The van der Waals surface area contributed by atoms with Crippen LogP contribution in [0.4, 0.5) is 0 Å². The predicted molar refractivity (Wildman–Crippen MR) is 64.3 cm³/mol. The molecule has 0 aromatic heterocycles. The van der Waals surface area contributed by atoms with Gasteiger partial charge < -0.3 is 15.5 Å². The molecule has 0 fully saturated rings. The van der Waals surface area contributed by atoms with Crippen molar-refractivity contribution >= 4 is 0 Å². The first-order valence-electron chi connectivity index (χ1n) is 5.34. The van der Waals surface area contributed by atoms with E-state index in [4.69, 9.17) is 6.42 Å². The topological polar surface area (TPSA) is 52.5 Å². The first-order chi connectivity index (χ1) is 7.66. The number of phenols is 2. The zero-order valence-electron chi connectivity index (χ0n) is 9.40. The van der Waals surface area contributed by atoms with Crippen LogP contribution in [0.5, 0.6) is 11.5 Å². The molecule has 1 aromatic carbocycles. The lowest BCUT2D eigenvalue weighted by molar-refractivity contribution is 0.418. The molecule has 0 radical (unpaired) electrons. The summed E-state index contributed by atoms with van der Waals surface area (Å²) in [6.07, 6.45) is 6.76. The minimum Gasteiger partial charge on any atom is -0.507 e. The highest BCUT2D eigenvalue weighted by Gasteiger charge is 2.13. The molecule has 1 atom stereocenters. The van der Waals surface area contributed by atoms with Crippen molar-refractivity contribution in [2.24, 2.45) is 0 Å². The molecule has 1 unspecified atom stereocenters. The monoisotopic (exact) mass is 219 g/mol. The SMILES string of the molecule is C#CCCCNC(C)c1c(O)cccc1O. The maximum Gasteiger partial charge on any atom is 0.124 e. The van der Waals surface area contributed by atoms with Gasteiger partial charge in [0.2, 0.25) is 0 Å². The molecule has 0 amide bonds. The summed E-state index contributed by atoms with van der Waals surface area (Å²) in [6, 6.07) is 4.64. The molecule has 3 N–H and O–H groups in total. The highest BCUT2D eigenvalue weighted by molar-refractivity contribution is 5.44. The number of nitrogens with one attached hydrogen (secondary N) is 1. The van der Waals surface area contributed by atoms with Gasteiger partial charge in [-0.25, -0.2) is 0 Å². The van der Waals surface area contributed by atoms with Gasteiger partial charge in [-0.1, -0.05) is 6.07 Å². The standard InChI is InChI=1S/C13H17NO2/c1-3-4-5-9-14-10(2)13-11(15)7-6-8-12(13)16/h1,6-8,10,14-16H,4-5,9H2,2H3. The molecule has 3 heteroatoms. The van der Waals surface area contributed by atoms with Gasteiger partial charge in [0.25, 0.3) is 0 Å². The van der Waals surface area contributed by atoms with Gasteiger partial charge >= 0.3 is 0 Å². The smallest absolute Gasteiger partial charge is 0.124 e. The van der Waals surface area contributed by atoms with Crippen LogP contribution in [0.1, 0.15) is 31.4 Å². The summed E-state index contributed by atoms with van der Waals surface area (Å²) in [7, 11) is 0. The van der Waals surface area contributed by atoms with Crippen LogP contribution in [-0.4, -0.2) is 16.8 Å². The number of hydrogen-bond donors (Lipinski definition) is 3. The van der Waals surface area contributed by atoms with Crippen molar-refractivity contribution in [1.29, 1.82) is 0 Å². The maximum atomic E-state index is 9.63. The van der Waals surface area contributed by atoms with Crippen LogP contribution in [0.2, 0.25) is 0 Å². The largest absolute Gasteiger partial charge is 0.507 e. The van der Waals surface area contributed by atoms with E-state index in [1.807, 2.05) is 6.92 Å². The van der Waals surface area contributed by atoms with Crippen molar-refractivity contribution in [2.45, 2.75) is 25.8 Å². The number of terminal acetylenes is 1. The molecule has 0 saturated heterocycles. The number of hydrogen-bond acceptors (Lipinski definition) is 3. The fourth-order valence-electron chi connectivity index (χ4n) is 1.60. The Kier molecular flexibility index (Phi) is 4.68. The molecular formula is C13H17NO2. The molecule has 16 heavy (non-hydrogen) atoms. The van der Waals surface area contributed by atoms with Crippen molar-refractivity contribution in [2.75, 3.05) is 6.54 Å². The highest BCUT2D eigenvalue weighted by Crippen LogP contribution is 2.31. The van der Waals surface area contributed by atoms with E-state index in [1.54, 1.807) is 18.2 Å². The van der Waals surface area contributed by atoms with Gasteiger partial charge in [0.1, 0.15) is 11.5 Å². The maximum absolute atomic E-state index is 9.63. The van der Waals surface area contributed by atoms with E-state index in [0.29, 0.717) is 5.56 Å². The number of rotatable bonds is 5. The molecule has 0 bridgehead atoms. The summed E-state index contributed by atoms with van der Waals surface area (Å²) in [6.45, 7) is 2.66. The van der Waals surface area contributed by atoms with E-state index in [-0.39, 0.29) is 17.5 Å². The normalized spacial score (nSPS) is 12.0. The van der Waals surface area contributed by atoms with Crippen molar-refractivity contribution < 1.29 is 10.2 Å². The third-order valence-corrected chi connectivity index (χ3v) is 2.44. The van der Waals surface area contributed by atoms with Gasteiger partial charge in [0, 0.05) is 12.5 Å². The van der Waals surface area contributed by atoms with Crippen molar-refractivity contribution in [3.8, 4) is 23.8 Å². The lowest BCUT2D eigenvalue weighted by Gasteiger charge is -2.16. The van der Waals surface area contributed by atoms with Gasteiger partial charge in [0.15, 0.2) is 0 Å². The van der Waals surface area contributed by atoms with Gasteiger partial charge in [0.05, 0.1) is 5.56 Å². The van der Waals surface area contributed by atoms with E-state index >= 15 is 0 Å². The van der Waals surface area contributed by atoms with Crippen LogP contribution >= 0.6 is 0 Å². The highest BCUT2D eigenvalue weighted by atomic mass is 16.3. The molecule has 1 rings (SSSR count). The Labute approximate surface area is 96.1 Å². The van der Waals surface area contributed by atoms with E-state index < -0.39 is 0 Å². The van der Waals surface area contributed by atoms with Crippen LogP contribution in [0.15, 0.2) is 18.2 Å². The quantitative estimate of drug-likeness (QED) is 0.525. The summed E-state index contributed by atoms with van der Waals surface area (Å²) in [5, 5.41) is 22.5. The molecule has 0 aliphatic heterocycles. The van der Waals surface area contributed by atoms with Crippen molar-refractivity contribution in [3.05, 3.63) is 23.8 Å². The molecule has 0 saturated carbocycles. The minimum absolute atomic E-state index is 0.0982. The van der Waals surface area contributed by atoms with Gasteiger partial charge in [-0.3, -0.25) is 0 Å². The Morgan fingerprint density at radius 1 is 1.38 bits per heavy atom. The summed E-state index contributed by atoms with van der Waals surface area (Å²) in [5.74, 6) is 2.78. The van der Waals surface area contributed by atoms with Gasteiger partial charge in [-0.05, 0) is 32.0 Å². The fraction of sp³-hybridized carbons (Fsp3) is 0.385. The van der Waals surface area contributed by atoms with Crippen LogP contribution in [0, 0.1) is 12.3 Å². The van der Waals surface area contributed by atoms with E-state index in [9.17, 15) is 10.2 Å². The van der Waals surface area contributed by atoms with E-state index in [0.717, 1.165) is 19.4 Å². The summed E-state index contributed by atoms with van der Waals surface area (Å²) >= 11 is 0. The molecule has 0 spiro atoms. The average molecular weight is 219 g/mol. The van der Waals surface area contributed by atoms with Crippen LogP contribution in [0.3, 0.4) is 0 Å². The molecular weight excluding hydrogens is 202 g/mol. The number of aromatic hydroxyl groups is 2. The van der Waals surface area contributed by atoms with Gasteiger partial charge in [-0.2, -0.15) is 0 Å². The van der Waals surface area contributed by atoms with E-state index in [2.05, 4.69) is 11.2 Å². The Morgan fingerprint density at radius 2 is 2.00 bits per heavy atom. The first kappa shape index (κ1) is 12.4.